The van der Waals surface area contributed by atoms with E-state index in [1.165, 1.54) is 0 Å². The number of anilines is 2. The quantitative estimate of drug-likeness (QED) is 0.767. The third-order valence-electron chi connectivity index (χ3n) is 3.40. The SMILES string of the molecule is CC(C)c1cc(=O)[nH]c(Nc2cccc3ccccc23)n1. The molecule has 1 aromatic heterocycles. The number of H-pyrrole nitrogens is 1. The molecule has 0 radical (unpaired) electrons. The van der Waals surface area contributed by atoms with Crippen molar-refractivity contribution in [2.75, 3.05) is 5.32 Å². The van der Waals surface area contributed by atoms with Crippen LogP contribution in [0.4, 0.5) is 11.6 Å². The van der Waals surface area contributed by atoms with Crippen molar-refractivity contribution in [3.8, 4) is 0 Å². The summed E-state index contributed by atoms with van der Waals surface area (Å²) in [6, 6.07) is 15.7. The lowest BCUT2D eigenvalue weighted by Gasteiger charge is -2.11. The van der Waals surface area contributed by atoms with Crippen molar-refractivity contribution in [1.82, 2.24) is 9.97 Å². The summed E-state index contributed by atoms with van der Waals surface area (Å²) in [5, 5.41) is 5.45. The Labute approximate surface area is 122 Å². The molecule has 2 aromatic carbocycles. The number of aromatic amines is 1. The predicted octanol–water partition coefficient (Wildman–Crippen LogP) is 3.79. The van der Waals surface area contributed by atoms with Crippen molar-refractivity contribution < 1.29 is 0 Å². The molecule has 1 heterocycles. The molecule has 3 rings (SSSR count). The Bertz CT molecular complexity index is 831. The molecule has 0 atom stereocenters. The fraction of sp³-hybridized carbons (Fsp3) is 0.176. The summed E-state index contributed by atoms with van der Waals surface area (Å²) in [6.07, 6.45) is 0. The highest BCUT2D eigenvalue weighted by molar-refractivity contribution is 5.94. The van der Waals surface area contributed by atoms with Crippen LogP contribution < -0.4 is 10.9 Å². The van der Waals surface area contributed by atoms with E-state index in [-0.39, 0.29) is 11.5 Å². The third-order valence-corrected chi connectivity index (χ3v) is 3.40. The van der Waals surface area contributed by atoms with Gasteiger partial charge >= 0.3 is 0 Å². The molecule has 0 unspecified atom stereocenters. The second-order valence-corrected chi connectivity index (χ2v) is 5.33. The van der Waals surface area contributed by atoms with Gasteiger partial charge in [0.15, 0.2) is 0 Å². The van der Waals surface area contributed by atoms with Crippen LogP contribution in [0.2, 0.25) is 0 Å². The van der Waals surface area contributed by atoms with Crippen molar-refractivity contribution in [2.45, 2.75) is 19.8 Å². The van der Waals surface area contributed by atoms with Gasteiger partial charge in [0, 0.05) is 17.1 Å². The van der Waals surface area contributed by atoms with Crippen LogP contribution in [-0.2, 0) is 0 Å². The maximum Gasteiger partial charge on any atom is 0.252 e. The van der Waals surface area contributed by atoms with Gasteiger partial charge in [-0.1, -0.05) is 50.2 Å². The summed E-state index contributed by atoms with van der Waals surface area (Å²) in [5.41, 5.74) is 1.56. The van der Waals surface area contributed by atoms with Crippen LogP contribution in [0.1, 0.15) is 25.5 Å². The topological polar surface area (TPSA) is 57.8 Å². The number of nitrogens with one attached hydrogen (secondary N) is 2. The summed E-state index contributed by atoms with van der Waals surface area (Å²) < 4.78 is 0. The lowest BCUT2D eigenvalue weighted by atomic mass is 10.1. The van der Waals surface area contributed by atoms with Gasteiger partial charge in [0.05, 0.1) is 5.69 Å². The van der Waals surface area contributed by atoms with Crippen molar-refractivity contribution >= 4 is 22.4 Å². The molecular weight excluding hydrogens is 262 g/mol. The zero-order valence-corrected chi connectivity index (χ0v) is 12.1. The standard InChI is InChI=1S/C17H17N3O/c1-11(2)15-10-16(21)20-17(19-15)18-14-9-5-7-12-6-3-4-8-13(12)14/h3-11H,1-2H3,(H2,18,19,20,21). The van der Waals surface area contributed by atoms with Gasteiger partial charge in [0.1, 0.15) is 0 Å². The molecule has 3 aromatic rings. The summed E-state index contributed by atoms with van der Waals surface area (Å²) in [5.74, 6) is 0.683. The van der Waals surface area contributed by atoms with Gasteiger partial charge < -0.3 is 5.32 Å². The lowest BCUT2D eigenvalue weighted by Crippen LogP contribution is -2.12. The van der Waals surface area contributed by atoms with Crippen LogP contribution in [0.5, 0.6) is 0 Å². The van der Waals surface area contributed by atoms with E-state index in [9.17, 15) is 4.79 Å². The summed E-state index contributed by atoms with van der Waals surface area (Å²) in [4.78, 5) is 18.9. The largest absolute Gasteiger partial charge is 0.325 e. The smallest absolute Gasteiger partial charge is 0.252 e. The monoisotopic (exact) mass is 279 g/mol. The summed E-state index contributed by atoms with van der Waals surface area (Å²) in [6.45, 7) is 4.03. The highest BCUT2D eigenvalue weighted by atomic mass is 16.1. The highest BCUT2D eigenvalue weighted by Crippen LogP contribution is 2.25. The van der Waals surface area contributed by atoms with E-state index >= 15 is 0 Å². The zero-order chi connectivity index (χ0) is 14.8. The molecule has 4 heteroatoms. The molecule has 0 saturated carbocycles. The first-order valence-electron chi connectivity index (χ1n) is 6.99. The van der Waals surface area contributed by atoms with Crippen molar-refractivity contribution in [3.05, 3.63) is 64.6 Å². The van der Waals surface area contributed by atoms with Crippen LogP contribution in [0.15, 0.2) is 53.3 Å². The average molecular weight is 279 g/mol. The molecule has 2 N–H and O–H groups in total. The minimum absolute atomic E-state index is 0.142. The molecule has 0 aliphatic rings. The summed E-state index contributed by atoms with van der Waals surface area (Å²) in [7, 11) is 0. The second kappa shape index (κ2) is 5.40. The van der Waals surface area contributed by atoms with Crippen LogP contribution >= 0.6 is 0 Å². The van der Waals surface area contributed by atoms with Gasteiger partial charge in [-0.15, -0.1) is 0 Å². The molecule has 0 bridgehead atoms. The molecule has 0 spiro atoms. The zero-order valence-electron chi connectivity index (χ0n) is 12.1. The highest BCUT2D eigenvalue weighted by Gasteiger charge is 2.07. The first-order valence-corrected chi connectivity index (χ1v) is 6.99. The number of hydrogen-bond donors (Lipinski definition) is 2. The Morgan fingerprint density at radius 1 is 1.10 bits per heavy atom. The lowest BCUT2D eigenvalue weighted by molar-refractivity contribution is 0.812. The number of rotatable bonds is 3. The molecule has 106 valence electrons. The molecule has 21 heavy (non-hydrogen) atoms. The first kappa shape index (κ1) is 13.4. The molecule has 0 aliphatic carbocycles. The van der Waals surface area contributed by atoms with E-state index in [0.717, 1.165) is 22.2 Å². The Balaban J connectivity index is 2.05. The number of fused-ring (bicyclic) bond motifs is 1. The van der Waals surface area contributed by atoms with E-state index in [4.69, 9.17) is 0 Å². The maximum atomic E-state index is 11.7. The Morgan fingerprint density at radius 2 is 1.86 bits per heavy atom. The van der Waals surface area contributed by atoms with Gasteiger partial charge in [0.2, 0.25) is 5.95 Å². The van der Waals surface area contributed by atoms with Crippen molar-refractivity contribution in [1.29, 1.82) is 0 Å². The van der Waals surface area contributed by atoms with E-state index in [0.29, 0.717) is 5.95 Å². The third kappa shape index (κ3) is 2.79. The summed E-state index contributed by atoms with van der Waals surface area (Å²) >= 11 is 0. The van der Waals surface area contributed by atoms with Crippen LogP contribution in [0.25, 0.3) is 10.8 Å². The van der Waals surface area contributed by atoms with Crippen LogP contribution in [0, 0.1) is 0 Å². The molecule has 0 saturated heterocycles. The Hall–Kier alpha value is -2.62. The van der Waals surface area contributed by atoms with E-state index < -0.39 is 0 Å². The first-order chi connectivity index (χ1) is 10.1. The van der Waals surface area contributed by atoms with E-state index in [2.05, 4.69) is 27.4 Å². The number of nitrogens with zero attached hydrogens (tertiary/aromatic N) is 1. The predicted molar refractivity (Wildman–Crippen MR) is 86.2 cm³/mol. The molecular formula is C17H17N3O. The second-order valence-electron chi connectivity index (χ2n) is 5.33. The van der Waals surface area contributed by atoms with Crippen LogP contribution in [0.3, 0.4) is 0 Å². The Morgan fingerprint density at radius 3 is 2.67 bits per heavy atom. The number of aromatic nitrogens is 2. The molecule has 0 aliphatic heterocycles. The number of hydrogen-bond acceptors (Lipinski definition) is 3. The minimum Gasteiger partial charge on any atom is -0.325 e. The van der Waals surface area contributed by atoms with Crippen LogP contribution in [-0.4, -0.2) is 9.97 Å². The van der Waals surface area contributed by atoms with Gasteiger partial charge in [-0.25, -0.2) is 4.98 Å². The van der Waals surface area contributed by atoms with Crippen molar-refractivity contribution in [3.63, 3.8) is 0 Å². The van der Waals surface area contributed by atoms with Gasteiger partial charge in [0.25, 0.3) is 5.56 Å². The van der Waals surface area contributed by atoms with Gasteiger partial charge in [-0.2, -0.15) is 0 Å². The number of benzene rings is 2. The van der Waals surface area contributed by atoms with E-state index in [1.807, 2.05) is 44.2 Å². The minimum atomic E-state index is -0.142. The molecule has 0 fully saturated rings. The normalized spacial score (nSPS) is 11.0. The van der Waals surface area contributed by atoms with E-state index in [1.54, 1.807) is 6.07 Å². The van der Waals surface area contributed by atoms with Gasteiger partial charge in [-0.3, -0.25) is 9.78 Å². The fourth-order valence-corrected chi connectivity index (χ4v) is 2.29. The fourth-order valence-electron chi connectivity index (χ4n) is 2.29. The molecule has 4 nitrogen and oxygen atoms in total. The van der Waals surface area contributed by atoms with Gasteiger partial charge in [-0.05, 0) is 17.4 Å². The average Bonchev–Trinajstić information content (AvgIpc) is 2.47. The Kier molecular flexibility index (Phi) is 3.44. The molecule has 0 amide bonds. The van der Waals surface area contributed by atoms with Crippen molar-refractivity contribution in [2.24, 2.45) is 0 Å². The maximum absolute atomic E-state index is 11.7.